The number of hydrogen-bond acceptors (Lipinski definition) is 5. The zero-order chi connectivity index (χ0) is 13.0. The van der Waals surface area contributed by atoms with Crippen LogP contribution in [0.1, 0.15) is 6.92 Å². The van der Waals surface area contributed by atoms with Crippen LogP contribution in [0.25, 0.3) is 0 Å². The molecule has 1 saturated heterocycles. The number of nitrogens with zero attached hydrogens (tertiary/aromatic N) is 2. The first-order valence-corrected chi connectivity index (χ1v) is 6.00. The van der Waals surface area contributed by atoms with E-state index in [1.54, 1.807) is 23.4 Å². The highest BCUT2D eigenvalue weighted by Crippen LogP contribution is 2.12. The van der Waals surface area contributed by atoms with Crippen molar-refractivity contribution < 1.29 is 9.53 Å². The third-order valence-electron chi connectivity index (χ3n) is 2.84. The van der Waals surface area contributed by atoms with Crippen LogP contribution >= 0.6 is 0 Å². The molecule has 1 amide bonds. The van der Waals surface area contributed by atoms with Gasteiger partial charge < -0.3 is 20.7 Å². The van der Waals surface area contributed by atoms with Gasteiger partial charge in [0.05, 0.1) is 30.8 Å². The van der Waals surface area contributed by atoms with E-state index in [9.17, 15) is 4.79 Å². The van der Waals surface area contributed by atoms with Gasteiger partial charge in [0.15, 0.2) is 0 Å². The number of rotatable bonds is 3. The number of hydrogen-bond donors (Lipinski definition) is 2. The topological polar surface area (TPSA) is 80.5 Å². The molecule has 1 fully saturated rings. The Morgan fingerprint density at radius 3 is 2.89 bits per heavy atom. The van der Waals surface area contributed by atoms with Gasteiger partial charge in [-0.2, -0.15) is 0 Å². The summed E-state index contributed by atoms with van der Waals surface area (Å²) in [4.78, 5) is 17.9. The summed E-state index contributed by atoms with van der Waals surface area (Å²) in [5.74, 6) is 0.0701. The van der Waals surface area contributed by atoms with E-state index in [4.69, 9.17) is 10.5 Å². The number of amides is 1. The van der Waals surface area contributed by atoms with E-state index in [1.165, 1.54) is 0 Å². The molecule has 0 aliphatic carbocycles. The molecule has 0 spiro atoms. The number of carbonyl (C=O) groups is 1. The van der Waals surface area contributed by atoms with E-state index in [1.807, 2.05) is 6.92 Å². The van der Waals surface area contributed by atoms with Crippen molar-refractivity contribution >= 4 is 17.3 Å². The summed E-state index contributed by atoms with van der Waals surface area (Å²) in [5, 5.41) is 3.11. The SMILES string of the molecule is CC(Nc1cncc(N)c1)C(=O)N1CCOCC1. The minimum atomic E-state index is -0.299. The largest absolute Gasteiger partial charge is 0.397 e. The predicted octanol–water partition coefficient (Wildman–Crippen LogP) is 0.323. The van der Waals surface area contributed by atoms with Gasteiger partial charge in [-0.15, -0.1) is 0 Å². The van der Waals surface area contributed by atoms with Gasteiger partial charge in [0, 0.05) is 19.3 Å². The van der Waals surface area contributed by atoms with E-state index < -0.39 is 0 Å². The molecule has 18 heavy (non-hydrogen) atoms. The summed E-state index contributed by atoms with van der Waals surface area (Å²) in [6.07, 6.45) is 3.22. The van der Waals surface area contributed by atoms with Crippen molar-refractivity contribution in [2.24, 2.45) is 0 Å². The maximum absolute atomic E-state index is 12.1. The molecule has 1 aliphatic rings. The summed E-state index contributed by atoms with van der Waals surface area (Å²) in [6, 6.07) is 1.46. The second-order valence-electron chi connectivity index (χ2n) is 4.31. The average Bonchev–Trinajstić information content (AvgIpc) is 2.39. The van der Waals surface area contributed by atoms with Crippen LogP contribution in [0.4, 0.5) is 11.4 Å². The Morgan fingerprint density at radius 2 is 2.22 bits per heavy atom. The number of morpholine rings is 1. The lowest BCUT2D eigenvalue weighted by Crippen LogP contribution is -2.47. The fourth-order valence-corrected chi connectivity index (χ4v) is 1.91. The zero-order valence-electron chi connectivity index (χ0n) is 10.4. The summed E-state index contributed by atoms with van der Waals surface area (Å²) in [6.45, 7) is 4.36. The molecule has 0 aromatic carbocycles. The highest BCUT2D eigenvalue weighted by molar-refractivity contribution is 5.84. The first kappa shape index (κ1) is 12.6. The van der Waals surface area contributed by atoms with Gasteiger partial charge in [0.1, 0.15) is 6.04 Å². The molecular formula is C12H18N4O2. The fraction of sp³-hybridized carbons (Fsp3) is 0.500. The van der Waals surface area contributed by atoms with Crippen LogP contribution in [0.2, 0.25) is 0 Å². The van der Waals surface area contributed by atoms with Crippen LogP contribution < -0.4 is 11.1 Å². The predicted molar refractivity (Wildman–Crippen MR) is 69.1 cm³/mol. The average molecular weight is 250 g/mol. The minimum absolute atomic E-state index is 0.0701. The van der Waals surface area contributed by atoms with Crippen LogP contribution in [0.15, 0.2) is 18.5 Å². The summed E-state index contributed by atoms with van der Waals surface area (Å²) < 4.78 is 5.22. The number of nitrogens with one attached hydrogen (secondary N) is 1. The second-order valence-corrected chi connectivity index (χ2v) is 4.31. The lowest BCUT2D eigenvalue weighted by molar-refractivity contribution is -0.135. The molecule has 2 heterocycles. The first-order chi connectivity index (χ1) is 8.66. The third kappa shape index (κ3) is 3.10. The zero-order valence-corrected chi connectivity index (χ0v) is 10.4. The van der Waals surface area contributed by atoms with Gasteiger partial charge >= 0.3 is 0 Å². The van der Waals surface area contributed by atoms with Crippen molar-refractivity contribution in [1.29, 1.82) is 0 Å². The number of nitrogen functional groups attached to an aromatic ring is 1. The van der Waals surface area contributed by atoms with Crippen molar-refractivity contribution in [1.82, 2.24) is 9.88 Å². The van der Waals surface area contributed by atoms with Gasteiger partial charge in [-0.1, -0.05) is 0 Å². The fourth-order valence-electron chi connectivity index (χ4n) is 1.91. The second kappa shape index (κ2) is 5.68. The molecule has 0 saturated carbocycles. The van der Waals surface area contributed by atoms with Crippen LogP contribution in [0, 0.1) is 0 Å². The Labute approximate surface area is 106 Å². The summed E-state index contributed by atoms with van der Waals surface area (Å²) >= 11 is 0. The quantitative estimate of drug-likeness (QED) is 0.807. The van der Waals surface area contributed by atoms with Crippen molar-refractivity contribution in [2.75, 3.05) is 37.4 Å². The smallest absolute Gasteiger partial charge is 0.244 e. The van der Waals surface area contributed by atoms with Gasteiger partial charge in [0.25, 0.3) is 0 Å². The lowest BCUT2D eigenvalue weighted by atomic mass is 10.2. The van der Waals surface area contributed by atoms with Gasteiger partial charge in [-0.25, -0.2) is 0 Å². The van der Waals surface area contributed by atoms with E-state index >= 15 is 0 Å². The molecule has 6 nitrogen and oxygen atoms in total. The summed E-state index contributed by atoms with van der Waals surface area (Å²) in [7, 11) is 0. The molecule has 1 aromatic rings. The lowest BCUT2D eigenvalue weighted by Gasteiger charge is -2.29. The van der Waals surface area contributed by atoms with Crippen molar-refractivity contribution in [2.45, 2.75) is 13.0 Å². The molecule has 6 heteroatoms. The number of carbonyl (C=O) groups excluding carboxylic acids is 1. The molecule has 98 valence electrons. The van der Waals surface area contributed by atoms with Gasteiger partial charge in [0.2, 0.25) is 5.91 Å². The van der Waals surface area contributed by atoms with Crippen LogP contribution in [-0.4, -0.2) is 48.1 Å². The number of pyridine rings is 1. The maximum Gasteiger partial charge on any atom is 0.244 e. The Hall–Kier alpha value is -1.82. The molecule has 1 aliphatic heterocycles. The number of aromatic nitrogens is 1. The normalized spacial score (nSPS) is 17.3. The number of anilines is 2. The Morgan fingerprint density at radius 1 is 1.50 bits per heavy atom. The highest BCUT2D eigenvalue weighted by Gasteiger charge is 2.22. The Bertz CT molecular complexity index is 418. The molecule has 2 rings (SSSR count). The minimum Gasteiger partial charge on any atom is -0.397 e. The molecular weight excluding hydrogens is 232 g/mol. The van der Waals surface area contributed by atoms with E-state index in [0.717, 1.165) is 5.69 Å². The number of nitrogens with two attached hydrogens (primary N) is 1. The van der Waals surface area contributed by atoms with Crippen LogP contribution in [0.5, 0.6) is 0 Å². The van der Waals surface area contributed by atoms with Crippen LogP contribution in [0.3, 0.4) is 0 Å². The van der Waals surface area contributed by atoms with Crippen molar-refractivity contribution in [3.8, 4) is 0 Å². The molecule has 0 radical (unpaired) electrons. The van der Waals surface area contributed by atoms with E-state index in [-0.39, 0.29) is 11.9 Å². The first-order valence-electron chi connectivity index (χ1n) is 6.00. The highest BCUT2D eigenvalue weighted by atomic mass is 16.5. The monoisotopic (exact) mass is 250 g/mol. The van der Waals surface area contributed by atoms with Crippen LogP contribution in [-0.2, 0) is 9.53 Å². The van der Waals surface area contributed by atoms with E-state index in [2.05, 4.69) is 10.3 Å². The molecule has 0 bridgehead atoms. The van der Waals surface area contributed by atoms with Crippen molar-refractivity contribution in [3.63, 3.8) is 0 Å². The van der Waals surface area contributed by atoms with Gasteiger partial charge in [-0.05, 0) is 13.0 Å². The standard InChI is InChI=1S/C12H18N4O2/c1-9(12(17)16-2-4-18-5-3-16)15-11-6-10(13)7-14-8-11/h6-9,15H,2-5,13H2,1H3. The molecule has 3 N–H and O–H groups in total. The molecule has 1 unspecified atom stereocenters. The molecule has 1 aromatic heterocycles. The third-order valence-corrected chi connectivity index (χ3v) is 2.84. The van der Waals surface area contributed by atoms with Crippen molar-refractivity contribution in [3.05, 3.63) is 18.5 Å². The van der Waals surface area contributed by atoms with E-state index in [0.29, 0.717) is 32.0 Å². The maximum atomic E-state index is 12.1. The van der Waals surface area contributed by atoms with Gasteiger partial charge in [-0.3, -0.25) is 9.78 Å². The Balaban J connectivity index is 1.94. The Kier molecular flexibility index (Phi) is 3.99. The summed E-state index contributed by atoms with van der Waals surface area (Å²) in [5.41, 5.74) is 6.97. The number of ether oxygens (including phenoxy) is 1. The molecule has 1 atom stereocenters.